The summed E-state index contributed by atoms with van der Waals surface area (Å²) in [5, 5.41) is 17.9. The molecule has 1 aliphatic heterocycles. The van der Waals surface area contributed by atoms with Gasteiger partial charge < -0.3 is 5.11 Å². The minimum atomic E-state index is -0.731. The number of hydrogen-bond acceptors (Lipinski definition) is 4. The molecule has 0 amide bonds. The predicted molar refractivity (Wildman–Crippen MR) is 79.7 cm³/mol. The van der Waals surface area contributed by atoms with Crippen LogP contribution in [0.1, 0.15) is 18.1 Å². The molecule has 1 fully saturated rings. The SMILES string of the molecule is CC(CN1CCN(Cc2cccc(C#N)c2)CC1)C(=O)O. The lowest BCUT2D eigenvalue weighted by molar-refractivity contribution is -0.141. The molecule has 1 unspecified atom stereocenters. The number of carboxylic acid groups (broad SMARTS) is 1. The molecule has 1 atom stereocenters. The number of rotatable bonds is 5. The van der Waals surface area contributed by atoms with Gasteiger partial charge in [-0.1, -0.05) is 19.1 Å². The lowest BCUT2D eigenvalue weighted by atomic mass is 10.1. The maximum absolute atomic E-state index is 10.9. The molecule has 0 spiro atoms. The number of carboxylic acids is 1. The van der Waals surface area contributed by atoms with Gasteiger partial charge in [-0.05, 0) is 17.7 Å². The molecule has 0 aromatic heterocycles. The number of piperazine rings is 1. The van der Waals surface area contributed by atoms with Crippen LogP contribution in [-0.4, -0.2) is 53.6 Å². The van der Waals surface area contributed by atoms with Crippen LogP contribution in [0, 0.1) is 17.2 Å². The number of hydrogen-bond donors (Lipinski definition) is 1. The topological polar surface area (TPSA) is 67.6 Å². The molecule has 1 aromatic rings. The van der Waals surface area contributed by atoms with E-state index in [1.807, 2.05) is 24.3 Å². The molecule has 112 valence electrons. The van der Waals surface area contributed by atoms with Gasteiger partial charge in [0.25, 0.3) is 0 Å². The molecule has 21 heavy (non-hydrogen) atoms. The first-order valence-corrected chi connectivity index (χ1v) is 7.25. The summed E-state index contributed by atoms with van der Waals surface area (Å²) in [6, 6.07) is 9.86. The monoisotopic (exact) mass is 287 g/mol. The summed E-state index contributed by atoms with van der Waals surface area (Å²) < 4.78 is 0. The lowest BCUT2D eigenvalue weighted by Gasteiger charge is -2.35. The Morgan fingerprint density at radius 2 is 2.00 bits per heavy atom. The Labute approximate surface area is 125 Å². The third-order valence-electron chi connectivity index (χ3n) is 3.88. The van der Waals surface area contributed by atoms with Crippen LogP contribution < -0.4 is 0 Å². The molecule has 0 bridgehead atoms. The van der Waals surface area contributed by atoms with Crippen molar-refractivity contribution in [3.63, 3.8) is 0 Å². The number of nitrogens with zero attached hydrogens (tertiary/aromatic N) is 3. The third-order valence-corrected chi connectivity index (χ3v) is 3.88. The van der Waals surface area contributed by atoms with Gasteiger partial charge in [-0.2, -0.15) is 5.26 Å². The highest BCUT2D eigenvalue weighted by molar-refractivity contribution is 5.69. The smallest absolute Gasteiger partial charge is 0.307 e. The zero-order valence-corrected chi connectivity index (χ0v) is 12.3. The second-order valence-electron chi connectivity index (χ2n) is 5.63. The Bertz CT molecular complexity index is 531. The van der Waals surface area contributed by atoms with E-state index in [0.717, 1.165) is 38.3 Å². The molecular weight excluding hydrogens is 266 g/mol. The van der Waals surface area contributed by atoms with Crippen molar-refractivity contribution in [1.82, 2.24) is 9.80 Å². The van der Waals surface area contributed by atoms with E-state index < -0.39 is 5.97 Å². The van der Waals surface area contributed by atoms with Crippen molar-refractivity contribution in [3.8, 4) is 6.07 Å². The Morgan fingerprint density at radius 3 is 2.62 bits per heavy atom. The van der Waals surface area contributed by atoms with Gasteiger partial charge >= 0.3 is 5.97 Å². The number of nitriles is 1. The highest BCUT2D eigenvalue weighted by Gasteiger charge is 2.21. The molecule has 2 rings (SSSR count). The predicted octanol–water partition coefficient (Wildman–Crippen LogP) is 1.40. The Morgan fingerprint density at radius 1 is 1.33 bits per heavy atom. The van der Waals surface area contributed by atoms with Crippen molar-refractivity contribution in [2.24, 2.45) is 5.92 Å². The molecule has 1 aliphatic rings. The normalized spacial score (nSPS) is 18.1. The van der Waals surface area contributed by atoms with E-state index in [0.29, 0.717) is 12.1 Å². The quantitative estimate of drug-likeness (QED) is 0.886. The van der Waals surface area contributed by atoms with Crippen LogP contribution in [0.25, 0.3) is 0 Å². The van der Waals surface area contributed by atoms with E-state index in [9.17, 15) is 4.79 Å². The summed E-state index contributed by atoms with van der Waals surface area (Å²) >= 11 is 0. The van der Waals surface area contributed by atoms with Crippen LogP contribution in [0.15, 0.2) is 24.3 Å². The van der Waals surface area contributed by atoms with Crippen LogP contribution in [-0.2, 0) is 11.3 Å². The first kappa shape index (κ1) is 15.5. The zero-order valence-electron chi connectivity index (χ0n) is 12.3. The van der Waals surface area contributed by atoms with Crippen LogP contribution >= 0.6 is 0 Å². The van der Waals surface area contributed by atoms with E-state index in [2.05, 4.69) is 15.9 Å². The molecule has 5 heteroatoms. The van der Waals surface area contributed by atoms with E-state index in [4.69, 9.17) is 10.4 Å². The van der Waals surface area contributed by atoms with E-state index in [1.54, 1.807) is 6.92 Å². The lowest BCUT2D eigenvalue weighted by Crippen LogP contribution is -2.47. The Hall–Kier alpha value is -1.90. The zero-order chi connectivity index (χ0) is 15.2. The Kier molecular flexibility index (Phi) is 5.32. The summed E-state index contributed by atoms with van der Waals surface area (Å²) in [6.07, 6.45) is 0. The highest BCUT2D eigenvalue weighted by atomic mass is 16.4. The second kappa shape index (κ2) is 7.21. The molecule has 5 nitrogen and oxygen atoms in total. The van der Waals surface area contributed by atoms with E-state index >= 15 is 0 Å². The molecule has 1 heterocycles. The molecule has 0 radical (unpaired) electrons. The van der Waals surface area contributed by atoms with Gasteiger partial charge in [0.15, 0.2) is 0 Å². The van der Waals surface area contributed by atoms with E-state index in [1.165, 1.54) is 0 Å². The summed E-state index contributed by atoms with van der Waals surface area (Å²) in [5.74, 6) is -1.05. The largest absolute Gasteiger partial charge is 0.481 e. The molecule has 0 aliphatic carbocycles. The third kappa shape index (κ3) is 4.55. The number of benzene rings is 1. The fourth-order valence-corrected chi connectivity index (χ4v) is 2.59. The van der Waals surface area contributed by atoms with Crippen LogP contribution in [0.2, 0.25) is 0 Å². The van der Waals surface area contributed by atoms with Crippen LogP contribution in [0.4, 0.5) is 0 Å². The van der Waals surface area contributed by atoms with Crippen molar-refractivity contribution < 1.29 is 9.90 Å². The van der Waals surface area contributed by atoms with E-state index in [-0.39, 0.29) is 5.92 Å². The maximum atomic E-state index is 10.9. The van der Waals surface area contributed by atoms with Crippen LogP contribution in [0.5, 0.6) is 0 Å². The maximum Gasteiger partial charge on any atom is 0.307 e. The first-order valence-electron chi connectivity index (χ1n) is 7.25. The molecule has 1 saturated heterocycles. The van der Waals surface area contributed by atoms with Crippen molar-refractivity contribution >= 4 is 5.97 Å². The first-order chi connectivity index (χ1) is 10.1. The fraction of sp³-hybridized carbons (Fsp3) is 0.500. The van der Waals surface area contributed by atoms with Gasteiger partial charge in [0.2, 0.25) is 0 Å². The van der Waals surface area contributed by atoms with Gasteiger partial charge in [0.1, 0.15) is 0 Å². The van der Waals surface area contributed by atoms with Gasteiger partial charge in [-0.15, -0.1) is 0 Å². The van der Waals surface area contributed by atoms with Crippen molar-refractivity contribution in [2.75, 3.05) is 32.7 Å². The van der Waals surface area contributed by atoms with Crippen molar-refractivity contribution in [1.29, 1.82) is 5.26 Å². The average Bonchev–Trinajstić information content (AvgIpc) is 2.49. The van der Waals surface area contributed by atoms with Crippen molar-refractivity contribution in [3.05, 3.63) is 35.4 Å². The summed E-state index contributed by atoms with van der Waals surface area (Å²) in [4.78, 5) is 15.4. The van der Waals surface area contributed by atoms with Gasteiger partial charge in [0.05, 0.1) is 17.6 Å². The second-order valence-corrected chi connectivity index (χ2v) is 5.63. The van der Waals surface area contributed by atoms with Gasteiger partial charge in [-0.25, -0.2) is 0 Å². The minimum Gasteiger partial charge on any atom is -0.481 e. The molecule has 1 N–H and O–H groups in total. The summed E-state index contributed by atoms with van der Waals surface area (Å²) in [7, 11) is 0. The molecule has 0 saturated carbocycles. The van der Waals surface area contributed by atoms with Crippen LogP contribution in [0.3, 0.4) is 0 Å². The highest BCUT2D eigenvalue weighted by Crippen LogP contribution is 2.11. The summed E-state index contributed by atoms with van der Waals surface area (Å²) in [6.45, 7) is 6.88. The number of carbonyl (C=O) groups is 1. The Balaban J connectivity index is 1.81. The van der Waals surface area contributed by atoms with Gasteiger partial charge in [0, 0.05) is 39.3 Å². The van der Waals surface area contributed by atoms with Gasteiger partial charge in [-0.3, -0.25) is 14.6 Å². The number of aliphatic carboxylic acids is 1. The minimum absolute atomic E-state index is 0.316. The average molecular weight is 287 g/mol. The van der Waals surface area contributed by atoms with Crippen molar-refractivity contribution in [2.45, 2.75) is 13.5 Å². The summed E-state index contributed by atoms with van der Waals surface area (Å²) in [5.41, 5.74) is 1.85. The fourth-order valence-electron chi connectivity index (χ4n) is 2.59. The molecular formula is C16H21N3O2. The molecule has 1 aromatic carbocycles. The standard InChI is InChI=1S/C16H21N3O2/c1-13(16(20)21)11-18-5-7-19(8-6-18)12-15-4-2-3-14(9-15)10-17/h2-4,9,13H,5-8,11-12H2,1H3,(H,20,21).